The lowest BCUT2D eigenvalue weighted by atomic mass is 10.0. The summed E-state index contributed by atoms with van der Waals surface area (Å²) in [5.74, 6) is 0.661. The fourth-order valence-corrected chi connectivity index (χ4v) is 4.11. The van der Waals surface area contributed by atoms with E-state index in [4.69, 9.17) is 5.11 Å². The Kier molecular flexibility index (Phi) is 4.19. The van der Waals surface area contributed by atoms with Gasteiger partial charge in [-0.15, -0.1) is 0 Å². The molecule has 1 N–H and O–H groups in total. The Hall–Kier alpha value is -1.50. The smallest absolute Gasteiger partial charge is 0.305 e. The molecule has 0 aliphatic carbocycles. The van der Waals surface area contributed by atoms with Gasteiger partial charge in [-0.1, -0.05) is 0 Å². The first kappa shape index (κ1) is 14.4. The van der Waals surface area contributed by atoms with Crippen LogP contribution in [0.1, 0.15) is 35.3 Å². The molecule has 1 unspecified atom stereocenters. The number of nitrogens with zero attached hydrogens (tertiary/aromatic N) is 3. The van der Waals surface area contributed by atoms with Crippen LogP contribution in [-0.4, -0.2) is 55.8 Å². The Morgan fingerprint density at radius 3 is 3.05 bits per heavy atom. The Morgan fingerprint density at radius 1 is 1.38 bits per heavy atom. The van der Waals surface area contributed by atoms with Gasteiger partial charge in [0.05, 0.1) is 29.9 Å². The molecule has 1 saturated heterocycles. The number of aryl methyl sites for hydroxylation is 1. The van der Waals surface area contributed by atoms with E-state index >= 15 is 0 Å². The summed E-state index contributed by atoms with van der Waals surface area (Å²) < 4.78 is 1.92. The summed E-state index contributed by atoms with van der Waals surface area (Å²) in [6, 6.07) is -0.215. The molecule has 2 aliphatic rings. The van der Waals surface area contributed by atoms with Gasteiger partial charge in [0.25, 0.3) is 5.91 Å². The molecule has 0 spiro atoms. The second kappa shape index (κ2) is 6.09. The van der Waals surface area contributed by atoms with E-state index in [1.807, 2.05) is 4.68 Å². The molecule has 7 heteroatoms. The predicted molar refractivity (Wildman–Crippen MR) is 79.6 cm³/mol. The third-order valence-corrected chi connectivity index (χ3v) is 5.20. The average Bonchev–Trinajstić information content (AvgIpc) is 2.90. The van der Waals surface area contributed by atoms with E-state index < -0.39 is 5.97 Å². The SMILES string of the molecule is O=C(O)CC1CSCCN1C(=O)c1cnn2c1CCCC2. The van der Waals surface area contributed by atoms with Crippen molar-refractivity contribution in [2.24, 2.45) is 0 Å². The Labute approximate surface area is 127 Å². The molecule has 6 nitrogen and oxygen atoms in total. The number of amides is 1. The molecule has 114 valence electrons. The second-order valence-corrected chi connectivity index (χ2v) is 6.66. The van der Waals surface area contributed by atoms with Gasteiger partial charge >= 0.3 is 5.97 Å². The topological polar surface area (TPSA) is 75.4 Å². The number of carboxylic acids is 1. The molecule has 2 aliphatic heterocycles. The number of fused-ring (bicyclic) bond motifs is 1. The van der Waals surface area contributed by atoms with E-state index in [-0.39, 0.29) is 18.4 Å². The number of carboxylic acid groups (broad SMARTS) is 1. The van der Waals surface area contributed by atoms with Gasteiger partial charge in [-0.05, 0) is 19.3 Å². The van der Waals surface area contributed by atoms with Crippen LogP contribution >= 0.6 is 11.8 Å². The summed E-state index contributed by atoms with van der Waals surface area (Å²) in [7, 11) is 0. The molecule has 0 aromatic carbocycles. The molecule has 3 rings (SSSR count). The summed E-state index contributed by atoms with van der Waals surface area (Å²) in [4.78, 5) is 25.5. The third kappa shape index (κ3) is 2.92. The Balaban J connectivity index is 1.82. The van der Waals surface area contributed by atoms with E-state index in [0.717, 1.165) is 37.3 Å². The van der Waals surface area contributed by atoms with Gasteiger partial charge in [0.2, 0.25) is 0 Å². The number of hydrogen-bond acceptors (Lipinski definition) is 4. The zero-order valence-corrected chi connectivity index (χ0v) is 12.6. The van der Waals surface area contributed by atoms with Crippen LogP contribution in [0.25, 0.3) is 0 Å². The van der Waals surface area contributed by atoms with Crippen molar-refractivity contribution in [1.29, 1.82) is 0 Å². The number of carbonyl (C=O) groups excluding carboxylic acids is 1. The summed E-state index contributed by atoms with van der Waals surface area (Å²) >= 11 is 1.71. The van der Waals surface area contributed by atoms with Gasteiger partial charge in [-0.2, -0.15) is 16.9 Å². The maximum atomic E-state index is 12.8. The van der Waals surface area contributed by atoms with Crippen LogP contribution in [-0.2, 0) is 17.8 Å². The van der Waals surface area contributed by atoms with Crippen molar-refractivity contribution >= 4 is 23.6 Å². The monoisotopic (exact) mass is 309 g/mol. The highest BCUT2D eigenvalue weighted by atomic mass is 32.2. The van der Waals surface area contributed by atoms with E-state index in [1.54, 1.807) is 22.9 Å². The number of carbonyl (C=O) groups is 2. The first-order valence-electron chi connectivity index (χ1n) is 7.32. The van der Waals surface area contributed by atoms with E-state index in [9.17, 15) is 9.59 Å². The zero-order chi connectivity index (χ0) is 14.8. The van der Waals surface area contributed by atoms with E-state index in [2.05, 4.69) is 5.10 Å². The quantitative estimate of drug-likeness (QED) is 0.909. The molecule has 1 amide bonds. The molecule has 1 fully saturated rings. The molecule has 1 aromatic heterocycles. The molecule has 0 radical (unpaired) electrons. The van der Waals surface area contributed by atoms with Gasteiger partial charge < -0.3 is 10.0 Å². The maximum Gasteiger partial charge on any atom is 0.305 e. The number of hydrogen-bond donors (Lipinski definition) is 1. The Morgan fingerprint density at radius 2 is 2.24 bits per heavy atom. The fourth-order valence-electron chi connectivity index (χ4n) is 3.05. The van der Waals surface area contributed by atoms with Crippen LogP contribution in [0.3, 0.4) is 0 Å². The van der Waals surface area contributed by atoms with Crippen molar-refractivity contribution in [3.63, 3.8) is 0 Å². The standard InChI is InChI=1S/C14H19N3O3S/c18-13(19)7-10-9-21-6-5-16(10)14(20)11-8-15-17-4-2-1-3-12(11)17/h8,10H,1-7,9H2,(H,18,19). The van der Waals surface area contributed by atoms with Crippen molar-refractivity contribution in [2.75, 3.05) is 18.1 Å². The van der Waals surface area contributed by atoms with Crippen molar-refractivity contribution < 1.29 is 14.7 Å². The van der Waals surface area contributed by atoms with E-state index in [1.165, 1.54) is 0 Å². The first-order valence-corrected chi connectivity index (χ1v) is 8.47. The highest BCUT2D eigenvalue weighted by Crippen LogP contribution is 2.24. The van der Waals surface area contributed by atoms with Gasteiger partial charge in [-0.3, -0.25) is 14.3 Å². The molecule has 1 atom stereocenters. The summed E-state index contributed by atoms with van der Waals surface area (Å²) in [6.45, 7) is 1.49. The lowest BCUT2D eigenvalue weighted by Gasteiger charge is -2.34. The van der Waals surface area contributed by atoms with E-state index in [0.29, 0.717) is 17.9 Å². The van der Waals surface area contributed by atoms with Crippen molar-refractivity contribution in [1.82, 2.24) is 14.7 Å². The normalized spacial score (nSPS) is 21.9. The van der Waals surface area contributed by atoms with Crippen LogP contribution in [0.15, 0.2) is 6.20 Å². The molecular formula is C14H19N3O3S. The van der Waals surface area contributed by atoms with Gasteiger partial charge in [0, 0.05) is 24.6 Å². The van der Waals surface area contributed by atoms with Crippen molar-refractivity contribution in [3.05, 3.63) is 17.5 Å². The van der Waals surface area contributed by atoms with Crippen LogP contribution in [0.2, 0.25) is 0 Å². The van der Waals surface area contributed by atoms with Crippen LogP contribution in [0.5, 0.6) is 0 Å². The molecule has 0 bridgehead atoms. The van der Waals surface area contributed by atoms with Crippen molar-refractivity contribution in [2.45, 2.75) is 38.3 Å². The van der Waals surface area contributed by atoms with Crippen molar-refractivity contribution in [3.8, 4) is 0 Å². The minimum atomic E-state index is -0.850. The number of aliphatic carboxylic acids is 1. The average molecular weight is 309 g/mol. The minimum absolute atomic E-state index is 0.0161. The number of aromatic nitrogens is 2. The van der Waals surface area contributed by atoms with Crippen LogP contribution in [0.4, 0.5) is 0 Å². The second-order valence-electron chi connectivity index (χ2n) is 5.51. The minimum Gasteiger partial charge on any atom is -0.481 e. The lowest BCUT2D eigenvalue weighted by molar-refractivity contribution is -0.138. The molecule has 0 saturated carbocycles. The largest absolute Gasteiger partial charge is 0.481 e. The van der Waals surface area contributed by atoms with Crippen LogP contribution in [0, 0.1) is 0 Å². The maximum absolute atomic E-state index is 12.8. The zero-order valence-electron chi connectivity index (χ0n) is 11.8. The third-order valence-electron chi connectivity index (χ3n) is 4.11. The lowest BCUT2D eigenvalue weighted by Crippen LogP contribution is -2.47. The summed E-state index contributed by atoms with van der Waals surface area (Å²) in [5.41, 5.74) is 1.68. The molecular weight excluding hydrogens is 290 g/mol. The molecule has 3 heterocycles. The Bertz CT molecular complexity index is 558. The highest BCUT2D eigenvalue weighted by Gasteiger charge is 2.32. The van der Waals surface area contributed by atoms with Gasteiger partial charge in [0.1, 0.15) is 0 Å². The summed E-state index contributed by atoms with van der Waals surface area (Å²) in [6.07, 6.45) is 4.74. The highest BCUT2D eigenvalue weighted by molar-refractivity contribution is 7.99. The predicted octanol–water partition coefficient (Wildman–Crippen LogP) is 1.25. The fraction of sp³-hybridized carbons (Fsp3) is 0.643. The van der Waals surface area contributed by atoms with Gasteiger partial charge in [-0.25, -0.2) is 0 Å². The number of thioether (sulfide) groups is 1. The first-order chi connectivity index (χ1) is 10.2. The molecule has 1 aromatic rings. The summed E-state index contributed by atoms with van der Waals surface area (Å²) in [5, 5.41) is 13.3. The number of rotatable bonds is 3. The van der Waals surface area contributed by atoms with Gasteiger partial charge in [0.15, 0.2) is 0 Å². The molecule has 21 heavy (non-hydrogen) atoms. The van der Waals surface area contributed by atoms with Crippen LogP contribution < -0.4 is 0 Å².